The molecule has 0 aliphatic rings. The van der Waals surface area contributed by atoms with Crippen molar-refractivity contribution in [3.8, 4) is 0 Å². The maximum absolute atomic E-state index is 4.03. The van der Waals surface area contributed by atoms with Gasteiger partial charge in [0.15, 0.2) is 0 Å². The van der Waals surface area contributed by atoms with Crippen LogP contribution in [-0.2, 0) is 0 Å². The van der Waals surface area contributed by atoms with Gasteiger partial charge in [0.2, 0.25) is 0 Å². The SMILES string of the molecule is C=C(CC)/C(C)=C(\C)C(C)NC. The highest BCUT2D eigenvalue weighted by atomic mass is 14.9. The first-order valence-electron chi connectivity index (χ1n) is 4.57. The van der Waals surface area contributed by atoms with Crippen molar-refractivity contribution >= 4 is 0 Å². The van der Waals surface area contributed by atoms with Gasteiger partial charge < -0.3 is 5.32 Å². The average molecular weight is 167 g/mol. The second-order valence-electron chi connectivity index (χ2n) is 3.28. The second kappa shape index (κ2) is 5.15. The Morgan fingerprint density at radius 3 is 2.25 bits per heavy atom. The maximum Gasteiger partial charge on any atom is 0.0251 e. The molecule has 1 atom stereocenters. The Kier molecular flexibility index (Phi) is 4.91. The molecule has 0 aromatic rings. The van der Waals surface area contributed by atoms with Gasteiger partial charge in [-0.1, -0.05) is 24.6 Å². The molecule has 1 heteroatoms. The predicted molar refractivity (Wildman–Crippen MR) is 56.3 cm³/mol. The fourth-order valence-corrected chi connectivity index (χ4v) is 1.09. The lowest BCUT2D eigenvalue weighted by Crippen LogP contribution is -2.23. The first kappa shape index (κ1) is 11.4. The highest BCUT2D eigenvalue weighted by molar-refractivity contribution is 5.32. The summed E-state index contributed by atoms with van der Waals surface area (Å²) in [4.78, 5) is 0. The molecule has 0 saturated carbocycles. The van der Waals surface area contributed by atoms with Crippen LogP contribution < -0.4 is 5.32 Å². The molecule has 0 rings (SSSR count). The minimum Gasteiger partial charge on any atom is -0.314 e. The maximum atomic E-state index is 4.03. The summed E-state index contributed by atoms with van der Waals surface area (Å²) in [6.07, 6.45) is 1.04. The summed E-state index contributed by atoms with van der Waals surface area (Å²) < 4.78 is 0. The van der Waals surface area contributed by atoms with E-state index in [1.54, 1.807) is 0 Å². The molecule has 0 spiro atoms. The number of nitrogens with one attached hydrogen (secondary N) is 1. The third-order valence-electron chi connectivity index (χ3n) is 2.63. The Labute approximate surface area is 76.6 Å². The second-order valence-corrected chi connectivity index (χ2v) is 3.28. The number of likely N-dealkylation sites (N-methyl/N-ethyl adjacent to an activating group) is 1. The smallest absolute Gasteiger partial charge is 0.0251 e. The largest absolute Gasteiger partial charge is 0.314 e. The molecule has 0 fully saturated rings. The molecule has 0 heterocycles. The summed E-state index contributed by atoms with van der Waals surface area (Å²) >= 11 is 0. The van der Waals surface area contributed by atoms with Gasteiger partial charge in [-0.25, -0.2) is 0 Å². The lowest BCUT2D eigenvalue weighted by molar-refractivity contribution is 0.685. The van der Waals surface area contributed by atoms with Gasteiger partial charge in [-0.05, 0) is 39.8 Å². The Balaban J connectivity index is 4.56. The molecular weight excluding hydrogens is 146 g/mol. The van der Waals surface area contributed by atoms with E-state index in [1.807, 2.05) is 7.05 Å². The first-order chi connectivity index (χ1) is 5.54. The lowest BCUT2D eigenvalue weighted by Gasteiger charge is -2.15. The van der Waals surface area contributed by atoms with Crippen LogP contribution in [0.4, 0.5) is 0 Å². The number of hydrogen-bond donors (Lipinski definition) is 1. The topological polar surface area (TPSA) is 12.0 Å². The van der Waals surface area contributed by atoms with Gasteiger partial charge in [-0.2, -0.15) is 0 Å². The van der Waals surface area contributed by atoms with Gasteiger partial charge in [0.1, 0.15) is 0 Å². The van der Waals surface area contributed by atoms with Crippen molar-refractivity contribution < 1.29 is 0 Å². The van der Waals surface area contributed by atoms with Crippen LogP contribution in [0.1, 0.15) is 34.1 Å². The standard InChI is InChI=1S/C11H21N/c1-7-8(2)9(3)10(4)11(5)12-6/h11-12H,2,7H2,1,3-6H3/b10-9+. The van der Waals surface area contributed by atoms with Gasteiger partial charge in [0.05, 0.1) is 0 Å². The Morgan fingerprint density at radius 1 is 1.42 bits per heavy atom. The van der Waals surface area contributed by atoms with Crippen LogP contribution in [0.15, 0.2) is 23.3 Å². The zero-order valence-corrected chi connectivity index (χ0v) is 8.99. The quantitative estimate of drug-likeness (QED) is 0.635. The summed E-state index contributed by atoms with van der Waals surface area (Å²) in [5.41, 5.74) is 3.98. The van der Waals surface area contributed by atoms with Gasteiger partial charge in [-0.3, -0.25) is 0 Å². The van der Waals surface area contributed by atoms with E-state index >= 15 is 0 Å². The Bertz CT molecular complexity index is 189. The molecule has 0 radical (unpaired) electrons. The zero-order valence-electron chi connectivity index (χ0n) is 8.99. The molecule has 1 unspecified atom stereocenters. The van der Waals surface area contributed by atoms with Crippen LogP contribution in [-0.4, -0.2) is 13.1 Å². The Hall–Kier alpha value is -0.560. The van der Waals surface area contributed by atoms with Crippen molar-refractivity contribution in [2.45, 2.75) is 40.2 Å². The molecule has 0 bridgehead atoms. The molecule has 0 aromatic heterocycles. The highest BCUT2D eigenvalue weighted by Gasteiger charge is 2.05. The molecule has 0 aliphatic heterocycles. The molecule has 0 saturated heterocycles. The monoisotopic (exact) mass is 167 g/mol. The van der Waals surface area contributed by atoms with Gasteiger partial charge in [0.25, 0.3) is 0 Å². The summed E-state index contributed by atoms with van der Waals surface area (Å²) in [7, 11) is 1.98. The number of hydrogen-bond acceptors (Lipinski definition) is 1. The van der Waals surface area contributed by atoms with E-state index in [0.717, 1.165) is 6.42 Å². The first-order valence-corrected chi connectivity index (χ1v) is 4.57. The molecule has 0 amide bonds. The van der Waals surface area contributed by atoms with E-state index < -0.39 is 0 Å². The number of allylic oxidation sites excluding steroid dienone is 2. The van der Waals surface area contributed by atoms with Gasteiger partial charge >= 0.3 is 0 Å². The summed E-state index contributed by atoms with van der Waals surface area (Å²) in [6.45, 7) is 12.6. The third kappa shape index (κ3) is 2.82. The van der Waals surface area contributed by atoms with Crippen molar-refractivity contribution in [2.75, 3.05) is 7.05 Å². The summed E-state index contributed by atoms with van der Waals surface area (Å²) in [6, 6.07) is 0.452. The Morgan fingerprint density at radius 2 is 1.92 bits per heavy atom. The van der Waals surface area contributed by atoms with Crippen molar-refractivity contribution in [2.24, 2.45) is 0 Å². The summed E-state index contributed by atoms with van der Waals surface area (Å²) in [5.74, 6) is 0. The fraction of sp³-hybridized carbons (Fsp3) is 0.636. The zero-order chi connectivity index (χ0) is 9.72. The third-order valence-corrected chi connectivity index (χ3v) is 2.63. The predicted octanol–water partition coefficient (Wildman–Crippen LogP) is 2.90. The van der Waals surface area contributed by atoms with E-state index in [2.05, 4.69) is 39.6 Å². The van der Waals surface area contributed by atoms with Crippen LogP contribution in [0.5, 0.6) is 0 Å². The van der Waals surface area contributed by atoms with E-state index in [9.17, 15) is 0 Å². The van der Waals surface area contributed by atoms with Crippen molar-refractivity contribution in [1.29, 1.82) is 0 Å². The molecule has 0 aromatic carbocycles. The van der Waals surface area contributed by atoms with Crippen LogP contribution >= 0.6 is 0 Å². The minimum atomic E-state index is 0.452. The summed E-state index contributed by atoms with van der Waals surface area (Å²) in [5, 5.41) is 3.23. The van der Waals surface area contributed by atoms with Crippen LogP contribution in [0, 0.1) is 0 Å². The van der Waals surface area contributed by atoms with E-state index in [1.165, 1.54) is 16.7 Å². The highest BCUT2D eigenvalue weighted by Crippen LogP contribution is 2.17. The molecular formula is C11H21N. The van der Waals surface area contributed by atoms with E-state index in [0.29, 0.717) is 6.04 Å². The fourth-order valence-electron chi connectivity index (χ4n) is 1.09. The van der Waals surface area contributed by atoms with Crippen molar-refractivity contribution in [1.82, 2.24) is 5.32 Å². The van der Waals surface area contributed by atoms with E-state index in [-0.39, 0.29) is 0 Å². The van der Waals surface area contributed by atoms with Crippen molar-refractivity contribution in [3.05, 3.63) is 23.3 Å². The molecule has 1 N–H and O–H groups in total. The van der Waals surface area contributed by atoms with Gasteiger partial charge in [0, 0.05) is 6.04 Å². The van der Waals surface area contributed by atoms with Gasteiger partial charge in [-0.15, -0.1) is 0 Å². The lowest BCUT2D eigenvalue weighted by atomic mass is 9.98. The van der Waals surface area contributed by atoms with E-state index in [4.69, 9.17) is 0 Å². The molecule has 1 nitrogen and oxygen atoms in total. The normalized spacial score (nSPS) is 15.4. The molecule has 12 heavy (non-hydrogen) atoms. The molecule has 70 valence electrons. The molecule has 0 aliphatic carbocycles. The number of rotatable bonds is 4. The van der Waals surface area contributed by atoms with Crippen LogP contribution in [0.25, 0.3) is 0 Å². The minimum absolute atomic E-state index is 0.452. The van der Waals surface area contributed by atoms with Crippen LogP contribution in [0.2, 0.25) is 0 Å². The van der Waals surface area contributed by atoms with Crippen molar-refractivity contribution in [3.63, 3.8) is 0 Å². The average Bonchev–Trinajstić information content (AvgIpc) is 2.12. The van der Waals surface area contributed by atoms with Crippen LogP contribution in [0.3, 0.4) is 0 Å².